The number of anilines is 1. The van der Waals surface area contributed by atoms with Gasteiger partial charge in [-0.05, 0) is 24.0 Å². The Labute approximate surface area is 119 Å². The van der Waals surface area contributed by atoms with Crippen LogP contribution < -0.4 is 5.32 Å². The summed E-state index contributed by atoms with van der Waals surface area (Å²) in [4.78, 5) is 15.8. The fraction of sp³-hybridized carbons (Fsp3) is 0.250. The van der Waals surface area contributed by atoms with Gasteiger partial charge in [0.05, 0.1) is 10.0 Å². The number of carbonyl (C=O) groups is 1. The van der Waals surface area contributed by atoms with E-state index in [1.807, 2.05) is 12.1 Å². The van der Waals surface area contributed by atoms with Crippen LogP contribution in [0.1, 0.15) is 17.9 Å². The average Bonchev–Trinajstić information content (AvgIpc) is 3.03. The number of rotatable bonds is 3. The SMILES string of the molecule is O=C(Nc1ncn[nH]1)[C@H]1C[C@H]1c1cccc(Cl)c1Cl. The second kappa shape index (κ2) is 4.83. The lowest BCUT2D eigenvalue weighted by molar-refractivity contribution is -0.117. The molecule has 0 unspecified atom stereocenters. The maximum atomic E-state index is 12.0. The highest BCUT2D eigenvalue weighted by atomic mass is 35.5. The number of nitrogens with one attached hydrogen (secondary N) is 2. The molecule has 0 bridgehead atoms. The molecule has 2 atom stereocenters. The van der Waals surface area contributed by atoms with Crippen molar-refractivity contribution in [2.75, 3.05) is 5.32 Å². The summed E-state index contributed by atoms with van der Waals surface area (Å²) in [6, 6.07) is 5.48. The van der Waals surface area contributed by atoms with Gasteiger partial charge in [0.25, 0.3) is 0 Å². The highest BCUT2D eigenvalue weighted by molar-refractivity contribution is 6.42. The van der Waals surface area contributed by atoms with Gasteiger partial charge in [0.2, 0.25) is 11.9 Å². The lowest BCUT2D eigenvalue weighted by Crippen LogP contribution is -2.15. The summed E-state index contributed by atoms with van der Waals surface area (Å²) in [5.74, 6) is 0.292. The largest absolute Gasteiger partial charge is 0.295 e. The van der Waals surface area contributed by atoms with Crippen LogP contribution in [0.25, 0.3) is 0 Å². The highest BCUT2D eigenvalue weighted by Gasteiger charge is 2.45. The quantitative estimate of drug-likeness (QED) is 0.915. The van der Waals surface area contributed by atoms with Crippen molar-refractivity contribution in [3.05, 3.63) is 40.1 Å². The van der Waals surface area contributed by atoms with Crippen LogP contribution in [0, 0.1) is 5.92 Å². The number of nitrogens with zero attached hydrogens (tertiary/aromatic N) is 2. The molecule has 1 aliphatic carbocycles. The van der Waals surface area contributed by atoms with Gasteiger partial charge in [-0.15, -0.1) is 0 Å². The van der Waals surface area contributed by atoms with E-state index in [9.17, 15) is 4.79 Å². The third-order valence-corrected chi connectivity index (χ3v) is 4.00. The molecule has 98 valence electrons. The predicted molar refractivity (Wildman–Crippen MR) is 72.3 cm³/mol. The van der Waals surface area contributed by atoms with Crippen molar-refractivity contribution in [1.82, 2.24) is 15.2 Å². The number of halogens is 2. The fourth-order valence-electron chi connectivity index (χ4n) is 2.11. The predicted octanol–water partition coefficient (Wildman–Crippen LogP) is 2.85. The number of hydrogen-bond donors (Lipinski definition) is 2. The maximum Gasteiger partial charge on any atom is 0.230 e. The zero-order valence-electron chi connectivity index (χ0n) is 9.73. The summed E-state index contributed by atoms with van der Waals surface area (Å²) in [6.45, 7) is 0. The molecule has 1 saturated carbocycles. The van der Waals surface area contributed by atoms with Gasteiger partial charge < -0.3 is 0 Å². The summed E-state index contributed by atoms with van der Waals surface area (Å²) >= 11 is 12.1. The van der Waals surface area contributed by atoms with Crippen molar-refractivity contribution >= 4 is 35.1 Å². The number of hydrogen-bond acceptors (Lipinski definition) is 3. The molecule has 1 aromatic carbocycles. The summed E-state index contributed by atoms with van der Waals surface area (Å²) in [5, 5.41) is 9.97. The van der Waals surface area contributed by atoms with E-state index in [0.717, 1.165) is 12.0 Å². The molecule has 1 heterocycles. The smallest absolute Gasteiger partial charge is 0.230 e. The second-order valence-corrected chi connectivity index (χ2v) is 5.20. The van der Waals surface area contributed by atoms with Crippen molar-refractivity contribution in [3.63, 3.8) is 0 Å². The third-order valence-electron chi connectivity index (χ3n) is 3.16. The Morgan fingerprint density at radius 1 is 1.42 bits per heavy atom. The summed E-state index contributed by atoms with van der Waals surface area (Å²) in [7, 11) is 0. The number of carbonyl (C=O) groups excluding carboxylic acids is 1. The van der Waals surface area contributed by atoms with Crippen molar-refractivity contribution in [2.45, 2.75) is 12.3 Å². The first-order valence-electron chi connectivity index (χ1n) is 5.77. The minimum atomic E-state index is -0.0962. The summed E-state index contributed by atoms with van der Waals surface area (Å²) in [5.41, 5.74) is 0.923. The monoisotopic (exact) mass is 296 g/mol. The molecule has 1 aromatic heterocycles. The first-order valence-corrected chi connectivity index (χ1v) is 6.52. The van der Waals surface area contributed by atoms with Crippen molar-refractivity contribution in [2.24, 2.45) is 5.92 Å². The zero-order valence-corrected chi connectivity index (χ0v) is 11.2. The van der Waals surface area contributed by atoms with Crippen LogP contribution in [0.15, 0.2) is 24.5 Å². The van der Waals surface area contributed by atoms with Crippen LogP contribution in [0.2, 0.25) is 10.0 Å². The Morgan fingerprint density at radius 3 is 3.00 bits per heavy atom. The molecular weight excluding hydrogens is 287 g/mol. The van der Waals surface area contributed by atoms with E-state index in [1.54, 1.807) is 6.07 Å². The number of aromatic amines is 1. The van der Waals surface area contributed by atoms with Gasteiger partial charge in [0.15, 0.2) is 0 Å². The van der Waals surface area contributed by atoms with Gasteiger partial charge in [-0.2, -0.15) is 10.1 Å². The Kier molecular flexibility index (Phi) is 3.16. The molecule has 19 heavy (non-hydrogen) atoms. The number of H-pyrrole nitrogens is 1. The van der Waals surface area contributed by atoms with E-state index in [2.05, 4.69) is 20.5 Å². The van der Waals surface area contributed by atoms with E-state index in [0.29, 0.717) is 16.0 Å². The average molecular weight is 297 g/mol. The molecule has 0 aliphatic heterocycles. The van der Waals surface area contributed by atoms with E-state index in [1.165, 1.54) is 6.33 Å². The molecular formula is C12H10Cl2N4O. The van der Waals surface area contributed by atoms with Gasteiger partial charge in [-0.25, -0.2) is 5.10 Å². The number of aromatic nitrogens is 3. The Bertz CT molecular complexity index is 614. The molecule has 3 rings (SSSR count). The molecule has 2 aromatic rings. The Morgan fingerprint density at radius 2 is 2.26 bits per heavy atom. The van der Waals surface area contributed by atoms with Crippen molar-refractivity contribution in [3.8, 4) is 0 Å². The van der Waals surface area contributed by atoms with Gasteiger partial charge in [0.1, 0.15) is 6.33 Å². The van der Waals surface area contributed by atoms with Crippen molar-refractivity contribution < 1.29 is 4.79 Å². The van der Waals surface area contributed by atoms with Gasteiger partial charge in [-0.3, -0.25) is 10.1 Å². The molecule has 1 amide bonds. The first kappa shape index (κ1) is 12.4. The second-order valence-electron chi connectivity index (χ2n) is 4.42. The third kappa shape index (κ3) is 2.43. The minimum Gasteiger partial charge on any atom is -0.295 e. The summed E-state index contributed by atoms with van der Waals surface area (Å²) < 4.78 is 0. The molecule has 2 N–H and O–H groups in total. The molecule has 0 radical (unpaired) electrons. The standard InChI is InChI=1S/C12H10Cl2N4O/c13-9-3-1-2-6(10(9)14)7-4-8(7)11(19)17-12-15-5-16-18-12/h1-3,5,7-8H,4H2,(H2,15,16,17,18,19)/t7-,8-/m0/s1. The van der Waals surface area contributed by atoms with E-state index in [-0.39, 0.29) is 17.7 Å². The summed E-state index contributed by atoms with van der Waals surface area (Å²) in [6.07, 6.45) is 2.11. The number of amides is 1. The first-order chi connectivity index (χ1) is 9.16. The lowest BCUT2D eigenvalue weighted by Gasteiger charge is -2.05. The van der Waals surface area contributed by atoms with E-state index in [4.69, 9.17) is 23.2 Å². The van der Waals surface area contributed by atoms with Gasteiger partial charge in [-0.1, -0.05) is 35.3 Å². The molecule has 7 heteroatoms. The zero-order chi connectivity index (χ0) is 13.4. The van der Waals surface area contributed by atoms with Crippen molar-refractivity contribution in [1.29, 1.82) is 0 Å². The molecule has 0 spiro atoms. The topological polar surface area (TPSA) is 70.7 Å². The normalized spacial score (nSPS) is 21.2. The molecule has 1 fully saturated rings. The molecule has 5 nitrogen and oxygen atoms in total. The number of benzene rings is 1. The lowest BCUT2D eigenvalue weighted by atomic mass is 10.1. The fourth-order valence-corrected chi connectivity index (χ4v) is 2.56. The van der Waals surface area contributed by atoms with E-state index >= 15 is 0 Å². The van der Waals surface area contributed by atoms with Crippen LogP contribution in [0.4, 0.5) is 5.95 Å². The molecule has 0 saturated heterocycles. The van der Waals surface area contributed by atoms with E-state index < -0.39 is 0 Å². The van der Waals surface area contributed by atoms with Crippen LogP contribution >= 0.6 is 23.2 Å². The Hall–Kier alpha value is -1.59. The maximum absolute atomic E-state index is 12.0. The van der Waals surface area contributed by atoms with Gasteiger partial charge >= 0.3 is 0 Å². The van der Waals surface area contributed by atoms with Gasteiger partial charge in [0, 0.05) is 5.92 Å². The minimum absolute atomic E-state index is 0.0854. The molecule has 1 aliphatic rings. The Balaban J connectivity index is 1.70. The van der Waals surface area contributed by atoms with Crippen LogP contribution in [0.3, 0.4) is 0 Å². The highest BCUT2D eigenvalue weighted by Crippen LogP contribution is 2.50. The van der Waals surface area contributed by atoms with Crippen LogP contribution in [-0.2, 0) is 4.79 Å². The van der Waals surface area contributed by atoms with Crippen LogP contribution in [-0.4, -0.2) is 21.1 Å². The van der Waals surface area contributed by atoms with Crippen LogP contribution in [0.5, 0.6) is 0 Å².